The lowest BCUT2D eigenvalue weighted by atomic mass is 9.89. The number of aryl methyl sites for hydroxylation is 1. The van der Waals surface area contributed by atoms with Crippen LogP contribution in [0.3, 0.4) is 0 Å². The zero-order chi connectivity index (χ0) is 14.4. The van der Waals surface area contributed by atoms with E-state index in [1.807, 2.05) is 43.9 Å². The molecule has 1 N–H and O–H groups in total. The molecule has 1 aliphatic rings. The molecule has 0 radical (unpaired) electrons. The predicted molar refractivity (Wildman–Crippen MR) is 82.5 cm³/mol. The highest BCUT2D eigenvalue weighted by molar-refractivity contribution is 9.10. The smallest absolute Gasteiger partial charge is 0.247 e. The van der Waals surface area contributed by atoms with Crippen molar-refractivity contribution in [1.29, 1.82) is 0 Å². The van der Waals surface area contributed by atoms with Crippen LogP contribution < -0.4 is 10.2 Å². The lowest BCUT2D eigenvalue weighted by Crippen LogP contribution is -2.70. The van der Waals surface area contributed by atoms with Gasteiger partial charge in [-0.2, -0.15) is 0 Å². The van der Waals surface area contributed by atoms with E-state index in [2.05, 4.69) is 35.1 Å². The maximum atomic E-state index is 12.8. The minimum absolute atomic E-state index is 0.120. The summed E-state index contributed by atoms with van der Waals surface area (Å²) in [4.78, 5) is 14.7. The second-order valence-corrected chi connectivity index (χ2v) is 7.28. The highest BCUT2D eigenvalue weighted by atomic mass is 79.9. The van der Waals surface area contributed by atoms with Crippen molar-refractivity contribution in [2.24, 2.45) is 0 Å². The van der Waals surface area contributed by atoms with Crippen LogP contribution in [0.4, 0.5) is 5.69 Å². The van der Waals surface area contributed by atoms with E-state index in [0.29, 0.717) is 0 Å². The van der Waals surface area contributed by atoms with Crippen molar-refractivity contribution in [2.45, 2.75) is 45.7 Å². The number of halogens is 1. The van der Waals surface area contributed by atoms with Crippen molar-refractivity contribution >= 4 is 27.5 Å². The van der Waals surface area contributed by atoms with E-state index < -0.39 is 5.54 Å². The summed E-state index contributed by atoms with van der Waals surface area (Å²) in [7, 11) is 0. The Kier molecular flexibility index (Phi) is 3.52. The third-order valence-corrected chi connectivity index (χ3v) is 4.20. The Morgan fingerprint density at radius 3 is 2.47 bits per heavy atom. The number of hydrogen-bond acceptors (Lipinski definition) is 2. The second kappa shape index (κ2) is 4.60. The Labute approximate surface area is 123 Å². The number of benzene rings is 1. The van der Waals surface area contributed by atoms with E-state index in [4.69, 9.17) is 0 Å². The van der Waals surface area contributed by atoms with E-state index in [9.17, 15) is 4.79 Å². The Balaban J connectivity index is 2.52. The van der Waals surface area contributed by atoms with Crippen molar-refractivity contribution in [3.63, 3.8) is 0 Å². The average molecular weight is 325 g/mol. The number of carbonyl (C=O) groups is 1. The number of amides is 1. The molecule has 0 unspecified atom stereocenters. The Morgan fingerprint density at radius 2 is 1.89 bits per heavy atom. The van der Waals surface area contributed by atoms with Crippen LogP contribution in [0.1, 0.15) is 33.3 Å². The fourth-order valence-corrected chi connectivity index (χ4v) is 2.93. The Morgan fingerprint density at radius 1 is 1.26 bits per heavy atom. The number of piperazine rings is 1. The van der Waals surface area contributed by atoms with E-state index >= 15 is 0 Å². The number of hydrogen-bond donors (Lipinski definition) is 1. The van der Waals surface area contributed by atoms with Crippen LogP contribution >= 0.6 is 15.9 Å². The van der Waals surface area contributed by atoms with Gasteiger partial charge in [0, 0.05) is 16.7 Å². The Bertz CT molecular complexity index is 523. The quantitative estimate of drug-likeness (QED) is 0.860. The van der Waals surface area contributed by atoms with Gasteiger partial charge in [-0.05, 0) is 58.4 Å². The van der Waals surface area contributed by atoms with Gasteiger partial charge >= 0.3 is 0 Å². The molecule has 0 spiro atoms. The van der Waals surface area contributed by atoms with Crippen molar-refractivity contribution in [2.75, 3.05) is 11.4 Å². The van der Waals surface area contributed by atoms with E-state index in [0.717, 1.165) is 22.3 Å². The van der Waals surface area contributed by atoms with Gasteiger partial charge in [0.2, 0.25) is 5.91 Å². The second-order valence-electron chi connectivity index (χ2n) is 6.36. The largest absolute Gasteiger partial charge is 0.304 e. The number of nitrogens with one attached hydrogen (secondary N) is 1. The molecule has 2 rings (SSSR count). The molecule has 1 fully saturated rings. The minimum atomic E-state index is -0.519. The molecule has 0 aromatic heterocycles. The first-order valence-corrected chi connectivity index (χ1v) is 7.30. The van der Waals surface area contributed by atoms with Crippen LogP contribution in [-0.2, 0) is 4.79 Å². The fraction of sp³-hybridized carbons (Fsp3) is 0.533. The monoisotopic (exact) mass is 324 g/mol. The first kappa shape index (κ1) is 14.5. The molecule has 1 aliphatic heterocycles. The molecule has 0 atom stereocenters. The first-order valence-electron chi connectivity index (χ1n) is 6.51. The van der Waals surface area contributed by atoms with Crippen LogP contribution in [0, 0.1) is 6.92 Å². The van der Waals surface area contributed by atoms with Crippen LogP contribution in [0.5, 0.6) is 0 Å². The lowest BCUT2D eigenvalue weighted by Gasteiger charge is -2.49. The topological polar surface area (TPSA) is 32.3 Å². The van der Waals surface area contributed by atoms with Gasteiger partial charge in [0.25, 0.3) is 0 Å². The van der Waals surface area contributed by atoms with E-state index in [-0.39, 0.29) is 11.4 Å². The summed E-state index contributed by atoms with van der Waals surface area (Å²) < 4.78 is 1.04. The van der Waals surface area contributed by atoms with Crippen molar-refractivity contribution < 1.29 is 4.79 Å². The summed E-state index contributed by atoms with van der Waals surface area (Å²) in [5.41, 5.74) is 1.35. The SMILES string of the molecule is Cc1cc(Br)ccc1N1C(=O)C(C)(C)NCC1(C)C. The molecule has 0 aliphatic carbocycles. The maximum Gasteiger partial charge on any atom is 0.247 e. The van der Waals surface area contributed by atoms with E-state index in [1.165, 1.54) is 0 Å². The standard InChI is InChI=1S/C15H21BrN2O/c1-10-8-11(16)6-7-12(10)18-13(19)15(4,5)17-9-14(18,2)3/h6-8,17H,9H2,1-5H3. The van der Waals surface area contributed by atoms with Gasteiger partial charge in [0.05, 0.1) is 11.1 Å². The van der Waals surface area contributed by atoms with Crippen molar-refractivity contribution in [3.8, 4) is 0 Å². The molecule has 1 saturated heterocycles. The molecule has 0 bridgehead atoms. The molecule has 0 saturated carbocycles. The molecule has 4 heteroatoms. The van der Waals surface area contributed by atoms with Crippen LogP contribution in [0.2, 0.25) is 0 Å². The Hall–Kier alpha value is -0.870. The summed E-state index contributed by atoms with van der Waals surface area (Å²) in [6.45, 7) is 10.9. The maximum absolute atomic E-state index is 12.8. The normalized spacial score (nSPS) is 21.6. The molecule has 1 heterocycles. The highest BCUT2D eigenvalue weighted by Crippen LogP contribution is 2.34. The van der Waals surface area contributed by atoms with Gasteiger partial charge in [-0.3, -0.25) is 4.79 Å². The average Bonchev–Trinajstić information content (AvgIpc) is 2.28. The van der Waals surface area contributed by atoms with Gasteiger partial charge in [0.1, 0.15) is 0 Å². The van der Waals surface area contributed by atoms with Crippen LogP contribution in [0.25, 0.3) is 0 Å². The van der Waals surface area contributed by atoms with Crippen LogP contribution in [0.15, 0.2) is 22.7 Å². The molecule has 1 aromatic rings. The summed E-state index contributed by atoms with van der Waals surface area (Å²) >= 11 is 3.47. The van der Waals surface area contributed by atoms with Gasteiger partial charge in [-0.1, -0.05) is 15.9 Å². The van der Waals surface area contributed by atoms with Gasteiger partial charge < -0.3 is 10.2 Å². The van der Waals surface area contributed by atoms with Gasteiger partial charge in [-0.15, -0.1) is 0 Å². The number of carbonyl (C=O) groups excluding carboxylic acids is 1. The number of rotatable bonds is 1. The third kappa shape index (κ3) is 2.56. The predicted octanol–water partition coefficient (Wildman–Crippen LogP) is 3.25. The fourth-order valence-electron chi connectivity index (χ4n) is 2.45. The van der Waals surface area contributed by atoms with Gasteiger partial charge in [-0.25, -0.2) is 0 Å². The molecule has 3 nitrogen and oxygen atoms in total. The minimum Gasteiger partial charge on any atom is -0.304 e. The first-order chi connectivity index (χ1) is 8.65. The molecule has 19 heavy (non-hydrogen) atoms. The molecular weight excluding hydrogens is 304 g/mol. The summed E-state index contributed by atoms with van der Waals surface area (Å²) in [5, 5.41) is 3.33. The zero-order valence-corrected chi connectivity index (χ0v) is 13.8. The number of nitrogens with zero attached hydrogens (tertiary/aromatic N) is 1. The molecule has 1 aromatic carbocycles. The summed E-state index contributed by atoms with van der Waals surface area (Å²) in [6, 6.07) is 6.05. The van der Waals surface area contributed by atoms with Crippen molar-refractivity contribution in [3.05, 3.63) is 28.2 Å². The van der Waals surface area contributed by atoms with Gasteiger partial charge in [0.15, 0.2) is 0 Å². The van der Waals surface area contributed by atoms with E-state index in [1.54, 1.807) is 0 Å². The molecule has 1 amide bonds. The lowest BCUT2D eigenvalue weighted by molar-refractivity contribution is -0.126. The molecule has 104 valence electrons. The zero-order valence-electron chi connectivity index (χ0n) is 12.2. The third-order valence-electron chi connectivity index (χ3n) is 3.71. The molecular formula is C15H21BrN2O. The van der Waals surface area contributed by atoms with Crippen LogP contribution in [-0.4, -0.2) is 23.5 Å². The van der Waals surface area contributed by atoms with Crippen molar-refractivity contribution in [1.82, 2.24) is 5.32 Å². The highest BCUT2D eigenvalue weighted by Gasteiger charge is 2.45. The summed E-state index contributed by atoms with van der Waals surface area (Å²) in [6.07, 6.45) is 0. The number of anilines is 1. The summed E-state index contributed by atoms with van der Waals surface area (Å²) in [5.74, 6) is 0.120.